The topological polar surface area (TPSA) is 87.7 Å². The van der Waals surface area contributed by atoms with Gasteiger partial charge in [0.2, 0.25) is 0 Å². The Morgan fingerprint density at radius 3 is 2.23 bits per heavy atom. The zero-order valence-electron chi connectivity index (χ0n) is 18.0. The SMILES string of the molecule is CC1C(=O)N(c2ccc(S(=O)(=O)C(F)(F)F)cc2)C(=O)N1Cc1ccnc(-c2ccc(Cl)cc2)c1. The van der Waals surface area contributed by atoms with Gasteiger partial charge in [0.15, 0.2) is 0 Å². The van der Waals surface area contributed by atoms with Crippen molar-refractivity contribution in [2.45, 2.75) is 29.9 Å². The molecule has 0 spiro atoms. The standard InChI is InChI=1S/C23H17ClF3N3O4S/c1-14-21(31)30(18-6-8-19(9-7-18)35(33,34)23(25,26)27)22(32)29(14)13-15-10-11-28-20(12-15)16-2-4-17(24)5-3-16/h2-12,14H,13H2,1H3. The molecule has 2 aromatic carbocycles. The summed E-state index contributed by atoms with van der Waals surface area (Å²) in [6.07, 6.45) is 1.57. The minimum Gasteiger partial charge on any atom is -0.308 e. The molecule has 0 bridgehead atoms. The molecule has 0 radical (unpaired) electrons. The first-order valence-corrected chi connectivity index (χ1v) is 12.0. The third-order valence-electron chi connectivity index (χ3n) is 5.51. The molecule has 1 unspecified atom stereocenters. The van der Waals surface area contributed by atoms with Crippen molar-refractivity contribution in [1.82, 2.24) is 9.88 Å². The number of hydrogen-bond donors (Lipinski definition) is 0. The second-order valence-electron chi connectivity index (χ2n) is 7.76. The number of carbonyl (C=O) groups excluding carboxylic acids is 2. The number of hydrogen-bond acceptors (Lipinski definition) is 5. The summed E-state index contributed by atoms with van der Waals surface area (Å²) < 4.78 is 61.5. The molecule has 35 heavy (non-hydrogen) atoms. The number of urea groups is 1. The minimum absolute atomic E-state index is 0.0351. The monoisotopic (exact) mass is 523 g/mol. The van der Waals surface area contributed by atoms with Crippen LogP contribution >= 0.6 is 11.6 Å². The zero-order valence-corrected chi connectivity index (χ0v) is 19.6. The first-order chi connectivity index (χ1) is 16.4. The molecule has 7 nitrogen and oxygen atoms in total. The number of carbonyl (C=O) groups is 2. The van der Waals surface area contributed by atoms with E-state index in [1.165, 1.54) is 11.8 Å². The third-order valence-corrected chi connectivity index (χ3v) is 7.26. The fourth-order valence-corrected chi connectivity index (χ4v) is 4.49. The van der Waals surface area contributed by atoms with Crippen molar-refractivity contribution in [3.8, 4) is 11.3 Å². The fourth-order valence-electron chi connectivity index (χ4n) is 3.61. The molecule has 1 aliphatic rings. The van der Waals surface area contributed by atoms with Crippen molar-refractivity contribution in [1.29, 1.82) is 0 Å². The number of aromatic nitrogens is 1. The molecule has 0 N–H and O–H groups in total. The fraction of sp³-hybridized carbons (Fsp3) is 0.174. The Balaban J connectivity index is 1.57. The molecular weight excluding hydrogens is 507 g/mol. The molecule has 3 aromatic rings. The van der Waals surface area contributed by atoms with Crippen molar-refractivity contribution < 1.29 is 31.2 Å². The van der Waals surface area contributed by atoms with E-state index in [9.17, 15) is 31.2 Å². The smallest absolute Gasteiger partial charge is 0.308 e. The van der Waals surface area contributed by atoms with Crippen LogP contribution in [0.25, 0.3) is 11.3 Å². The van der Waals surface area contributed by atoms with Gasteiger partial charge in [-0.1, -0.05) is 23.7 Å². The highest BCUT2D eigenvalue weighted by atomic mass is 35.5. The molecule has 0 aliphatic carbocycles. The van der Waals surface area contributed by atoms with Crippen LogP contribution in [0, 0.1) is 0 Å². The van der Waals surface area contributed by atoms with Gasteiger partial charge >= 0.3 is 11.5 Å². The van der Waals surface area contributed by atoms with Gasteiger partial charge in [0, 0.05) is 23.3 Å². The molecule has 1 aliphatic heterocycles. The van der Waals surface area contributed by atoms with Gasteiger partial charge in [-0.2, -0.15) is 13.2 Å². The lowest BCUT2D eigenvalue weighted by molar-refractivity contribution is -0.119. The molecule has 4 rings (SSSR count). The maximum absolute atomic E-state index is 13.1. The van der Waals surface area contributed by atoms with E-state index in [4.69, 9.17) is 11.6 Å². The number of imide groups is 1. The number of rotatable bonds is 5. The predicted octanol–water partition coefficient (Wildman–Crippen LogP) is 5.05. The average Bonchev–Trinajstić information content (AvgIpc) is 3.02. The van der Waals surface area contributed by atoms with Gasteiger partial charge in [-0.15, -0.1) is 0 Å². The number of benzene rings is 2. The molecular formula is C23H17ClF3N3O4S. The molecule has 0 saturated carbocycles. The summed E-state index contributed by atoms with van der Waals surface area (Å²) in [7, 11) is -5.55. The number of halogens is 4. The Morgan fingerprint density at radius 2 is 1.63 bits per heavy atom. The van der Waals surface area contributed by atoms with Crippen LogP contribution in [0.4, 0.5) is 23.7 Å². The van der Waals surface area contributed by atoms with E-state index in [0.717, 1.165) is 22.6 Å². The van der Waals surface area contributed by atoms with Gasteiger partial charge in [0.25, 0.3) is 15.7 Å². The van der Waals surface area contributed by atoms with E-state index in [2.05, 4.69) is 4.98 Å². The van der Waals surface area contributed by atoms with Crippen LogP contribution in [-0.4, -0.2) is 41.8 Å². The number of pyridine rings is 1. The van der Waals surface area contributed by atoms with Crippen molar-refractivity contribution in [2.75, 3.05) is 4.90 Å². The Morgan fingerprint density at radius 1 is 1.00 bits per heavy atom. The largest absolute Gasteiger partial charge is 0.501 e. The van der Waals surface area contributed by atoms with Crippen LogP contribution in [0.1, 0.15) is 12.5 Å². The molecule has 3 amide bonds. The highest BCUT2D eigenvalue weighted by molar-refractivity contribution is 7.92. The average molecular weight is 524 g/mol. The molecule has 12 heteroatoms. The lowest BCUT2D eigenvalue weighted by Gasteiger charge is -2.20. The normalized spacial score (nSPS) is 16.8. The van der Waals surface area contributed by atoms with Crippen molar-refractivity contribution in [3.05, 3.63) is 77.4 Å². The van der Waals surface area contributed by atoms with Crippen LogP contribution in [-0.2, 0) is 21.2 Å². The van der Waals surface area contributed by atoms with Crippen LogP contribution in [0.3, 0.4) is 0 Å². The van der Waals surface area contributed by atoms with Crippen molar-refractivity contribution in [3.63, 3.8) is 0 Å². The Bertz CT molecular complexity index is 1390. The van der Waals surface area contributed by atoms with Crippen LogP contribution < -0.4 is 4.90 Å². The van der Waals surface area contributed by atoms with Gasteiger partial charge in [-0.05, 0) is 61.0 Å². The Labute approximate surface area is 203 Å². The summed E-state index contributed by atoms with van der Waals surface area (Å²) in [5, 5.41) is 0.573. The lowest BCUT2D eigenvalue weighted by atomic mass is 10.1. The summed E-state index contributed by atoms with van der Waals surface area (Å²) in [4.78, 5) is 31.3. The summed E-state index contributed by atoms with van der Waals surface area (Å²) >= 11 is 5.92. The molecule has 1 fully saturated rings. The first kappa shape index (κ1) is 24.7. The first-order valence-electron chi connectivity index (χ1n) is 10.2. The summed E-state index contributed by atoms with van der Waals surface area (Å²) in [6, 6.07) is 12.4. The molecule has 2 heterocycles. The quantitative estimate of drug-likeness (QED) is 0.437. The number of anilines is 1. The number of alkyl halides is 3. The van der Waals surface area contributed by atoms with Crippen LogP contribution in [0.5, 0.6) is 0 Å². The van der Waals surface area contributed by atoms with Gasteiger partial charge < -0.3 is 4.90 Å². The van der Waals surface area contributed by atoms with Crippen LogP contribution in [0.15, 0.2) is 71.8 Å². The number of sulfone groups is 1. The van der Waals surface area contributed by atoms with E-state index < -0.39 is 38.2 Å². The van der Waals surface area contributed by atoms with Gasteiger partial charge in [0.1, 0.15) is 6.04 Å². The van der Waals surface area contributed by atoms with Gasteiger partial charge in [-0.3, -0.25) is 9.78 Å². The van der Waals surface area contributed by atoms with Crippen LogP contribution in [0.2, 0.25) is 5.02 Å². The van der Waals surface area contributed by atoms with E-state index in [0.29, 0.717) is 28.4 Å². The molecule has 1 aromatic heterocycles. The minimum atomic E-state index is -5.55. The second kappa shape index (κ2) is 8.97. The van der Waals surface area contributed by atoms with E-state index in [1.807, 2.05) is 0 Å². The molecule has 1 saturated heterocycles. The van der Waals surface area contributed by atoms with Gasteiger partial charge in [-0.25, -0.2) is 18.1 Å². The lowest BCUT2D eigenvalue weighted by Crippen LogP contribution is -2.33. The summed E-state index contributed by atoms with van der Waals surface area (Å²) in [5.41, 5.74) is -3.35. The number of nitrogens with zero attached hydrogens (tertiary/aromatic N) is 3. The van der Waals surface area contributed by atoms with E-state index >= 15 is 0 Å². The highest BCUT2D eigenvalue weighted by Crippen LogP contribution is 2.33. The zero-order chi connectivity index (χ0) is 25.5. The predicted molar refractivity (Wildman–Crippen MR) is 122 cm³/mol. The Hall–Kier alpha value is -3.44. The number of amides is 3. The summed E-state index contributed by atoms with van der Waals surface area (Å²) in [5.74, 6) is -0.589. The van der Waals surface area contributed by atoms with E-state index in [-0.39, 0.29) is 12.2 Å². The van der Waals surface area contributed by atoms with Crippen molar-refractivity contribution >= 4 is 39.1 Å². The van der Waals surface area contributed by atoms with E-state index in [1.54, 1.807) is 42.6 Å². The Kier molecular flexibility index (Phi) is 6.32. The second-order valence-corrected chi connectivity index (χ2v) is 10.1. The third kappa shape index (κ3) is 4.61. The highest BCUT2D eigenvalue weighted by Gasteiger charge is 2.47. The summed E-state index contributed by atoms with van der Waals surface area (Å²) in [6.45, 7) is 1.61. The molecule has 182 valence electrons. The maximum atomic E-state index is 13.1. The van der Waals surface area contributed by atoms with Crippen molar-refractivity contribution in [2.24, 2.45) is 0 Å². The van der Waals surface area contributed by atoms with Gasteiger partial charge in [0.05, 0.1) is 16.3 Å². The molecule has 1 atom stereocenters. The maximum Gasteiger partial charge on any atom is 0.501 e.